The Bertz CT molecular complexity index is 4210. The standard InChI is InChI=1S/C66H50N2/c1-65(2)58-25-13-11-21-53(58)54-39-38-51(41-60(54)65)68(63-42-61-64(56-23-10-9-22-55(56)63)57-24-12-14-26-59(57)66(61,3)4)49-35-30-45(31-36-49)44-28-33-48(34-29-44)67(50-37-32-43-16-5-6-18-47(43)40-50)62-27-15-19-46-17-7-8-20-52(46)62/h5-42H,1-4H3/i5D,6D,16D,18D,32D,37D,40D. The summed E-state index contributed by atoms with van der Waals surface area (Å²) in [7, 11) is 0. The van der Waals surface area contributed by atoms with Crippen LogP contribution in [-0.2, 0) is 10.8 Å². The van der Waals surface area contributed by atoms with E-state index in [0.29, 0.717) is 11.4 Å². The van der Waals surface area contributed by atoms with Crippen LogP contribution in [0.25, 0.3) is 65.7 Å². The zero-order valence-electron chi connectivity index (χ0n) is 45.3. The van der Waals surface area contributed by atoms with Crippen LogP contribution in [-0.4, -0.2) is 0 Å². The largest absolute Gasteiger partial charge is 0.310 e. The number of benzene rings is 11. The van der Waals surface area contributed by atoms with E-state index in [2.05, 4.69) is 154 Å². The maximum absolute atomic E-state index is 9.59. The van der Waals surface area contributed by atoms with Gasteiger partial charge in [-0.1, -0.05) is 197 Å². The molecule has 0 bridgehead atoms. The molecule has 0 fully saturated rings. The molecule has 324 valence electrons. The maximum Gasteiger partial charge on any atom is 0.0651 e. The molecule has 0 spiro atoms. The summed E-state index contributed by atoms with van der Waals surface area (Å²) in [5, 5.41) is 3.94. The van der Waals surface area contributed by atoms with Gasteiger partial charge in [0.15, 0.2) is 0 Å². The molecule has 0 aliphatic heterocycles. The predicted octanol–water partition coefficient (Wildman–Crippen LogP) is 18.4. The number of hydrogen-bond acceptors (Lipinski definition) is 2. The number of rotatable bonds is 7. The number of nitrogens with zero attached hydrogens (tertiary/aromatic N) is 2. The first-order valence-electron chi connectivity index (χ1n) is 26.9. The van der Waals surface area contributed by atoms with Crippen molar-refractivity contribution in [2.24, 2.45) is 0 Å². The lowest BCUT2D eigenvalue weighted by Crippen LogP contribution is -2.18. The highest BCUT2D eigenvalue weighted by Gasteiger charge is 2.39. The first kappa shape index (κ1) is 33.3. The van der Waals surface area contributed by atoms with E-state index in [4.69, 9.17) is 6.85 Å². The van der Waals surface area contributed by atoms with E-state index < -0.39 is 24.2 Å². The molecule has 2 aliphatic carbocycles. The highest BCUT2D eigenvalue weighted by molar-refractivity contribution is 6.10. The fourth-order valence-corrected chi connectivity index (χ4v) is 11.3. The molecule has 0 saturated carbocycles. The lowest BCUT2D eigenvalue weighted by molar-refractivity contribution is 0.660. The average molecular weight is 878 g/mol. The molecule has 2 heteroatoms. The van der Waals surface area contributed by atoms with Gasteiger partial charge in [0.05, 0.1) is 21.0 Å². The normalized spacial score (nSPS) is 15.3. The highest BCUT2D eigenvalue weighted by atomic mass is 15.1. The Morgan fingerprint density at radius 3 is 1.63 bits per heavy atom. The zero-order chi connectivity index (χ0) is 51.8. The van der Waals surface area contributed by atoms with Gasteiger partial charge in [0.1, 0.15) is 0 Å². The van der Waals surface area contributed by atoms with E-state index >= 15 is 0 Å². The van der Waals surface area contributed by atoms with Crippen molar-refractivity contribution >= 4 is 66.4 Å². The lowest BCUT2D eigenvalue weighted by atomic mass is 9.81. The van der Waals surface area contributed by atoms with Gasteiger partial charge >= 0.3 is 0 Å². The molecule has 2 nitrogen and oxygen atoms in total. The molecule has 2 aliphatic rings. The van der Waals surface area contributed by atoms with Gasteiger partial charge in [-0.25, -0.2) is 0 Å². The third kappa shape index (κ3) is 6.10. The van der Waals surface area contributed by atoms with Crippen LogP contribution in [0.1, 0.15) is 59.5 Å². The van der Waals surface area contributed by atoms with Gasteiger partial charge in [-0.3, -0.25) is 0 Å². The van der Waals surface area contributed by atoms with Gasteiger partial charge in [-0.2, -0.15) is 0 Å². The summed E-state index contributed by atoms with van der Waals surface area (Å²) < 4.78 is 62.5. The van der Waals surface area contributed by atoms with Crippen LogP contribution in [0.3, 0.4) is 0 Å². The Morgan fingerprint density at radius 1 is 0.353 bits per heavy atom. The SMILES string of the molecule is [2H]c1c([2H])c([2H])c2c([2H])c(N(c3ccc(-c4ccc(N(c5ccc6c(c5)C(C)(C)c5ccccc5-6)c5cc6c(c7ccccc57)-c5ccccc5C6(C)C)cc4)cc3)c3cccc4ccccc34)c([2H])c([2H])c2c1[2H]. The third-order valence-corrected chi connectivity index (χ3v) is 14.7. The summed E-state index contributed by atoms with van der Waals surface area (Å²) in [6.07, 6.45) is 0. The van der Waals surface area contributed by atoms with Crippen LogP contribution in [0.2, 0.25) is 0 Å². The molecule has 0 unspecified atom stereocenters. The van der Waals surface area contributed by atoms with Crippen LogP contribution in [0.5, 0.6) is 0 Å². The fraction of sp³-hybridized carbons (Fsp3) is 0.0909. The molecule has 0 aromatic heterocycles. The van der Waals surface area contributed by atoms with E-state index in [9.17, 15) is 2.74 Å². The summed E-state index contributed by atoms with van der Waals surface area (Å²) in [6, 6.07) is 63.4. The first-order chi connectivity index (χ1) is 36.2. The molecular formula is C66H50N2. The van der Waals surface area contributed by atoms with Crippen LogP contribution in [0, 0.1) is 0 Å². The van der Waals surface area contributed by atoms with E-state index in [1.54, 1.807) is 4.90 Å². The van der Waals surface area contributed by atoms with Crippen LogP contribution < -0.4 is 9.80 Å². The Kier molecular flexibility index (Phi) is 7.43. The second-order valence-corrected chi connectivity index (χ2v) is 19.2. The van der Waals surface area contributed by atoms with Crippen LogP contribution in [0.4, 0.5) is 34.1 Å². The predicted molar refractivity (Wildman–Crippen MR) is 289 cm³/mol. The van der Waals surface area contributed by atoms with Crippen molar-refractivity contribution in [2.45, 2.75) is 38.5 Å². The molecule has 0 atom stereocenters. The summed E-state index contributed by atoms with van der Waals surface area (Å²) in [5.74, 6) is 0. The summed E-state index contributed by atoms with van der Waals surface area (Å²) in [5.41, 5.74) is 16.4. The highest BCUT2D eigenvalue weighted by Crippen LogP contribution is 2.56. The van der Waals surface area contributed by atoms with Gasteiger partial charge < -0.3 is 9.80 Å². The molecule has 0 heterocycles. The van der Waals surface area contributed by atoms with E-state index in [1.165, 1.54) is 49.9 Å². The molecule has 0 amide bonds. The maximum atomic E-state index is 9.59. The second-order valence-electron chi connectivity index (χ2n) is 19.2. The van der Waals surface area contributed by atoms with Gasteiger partial charge in [-0.15, -0.1) is 0 Å². The third-order valence-electron chi connectivity index (χ3n) is 14.7. The second kappa shape index (κ2) is 15.2. The zero-order valence-corrected chi connectivity index (χ0v) is 38.3. The Labute approximate surface area is 408 Å². The van der Waals surface area contributed by atoms with Crippen LogP contribution >= 0.6 is 0 Å². The molecule has 0 N–H and O–H groups in total. The number of fused-ring (bicyclic) bond motifs is 10. The van der Waals surface area contributed by atoms with Crippen molar-refractivity contribution in [3.8, 4) is 33.4 Å². The van der Waals surface area contributed by atoms with E-state index in [-0.39, 0.29) is 45.4 Å². The quantitative estimate of drug-likeness (QED) is 0.157. The van der Waals surface area contributed by atoms with E-state index in [0.717, 1.165) is 44.3 Å². The molecule has 0 radical (unpaired) electrons. The Morgan fingerprint density at radius 2 is 0.897 bits per heavy atom. The van der Waals surface area contributed by atoms with Crippen molar-refractivity contribution in [3.05, 3.63) is 253 Å². The minimum atomic E-state index is -0.500. The lowest BCUT2D eigenvalue weighted by Gasteiger charge is -2.31. The molecule has 11 aromatic carbocycles. The number of hydrogen-bond donors (Lipinski definition) is 0. The van der Waals surface area contributed by atoms with Crippen molar-refractivity contribution < 1.29 is 9.60 Å². The Balaban J connectivity index is 0.955. The van der Waals surface area contributed by atoms with Gasteiger partial charge in [0.25, 0.3) is 0 Å². The first-order valence-corrected chi connectivity index (χ1v) is 23.4. The summed E-state index contributed by atoms with van der Waals surface area (Å²) in [6.45, 7) is 9.33. The van der Waals surface area contributed by atoms with Gasteiger partial charge in [0, 0.05) is 44.4 Å². The summed E-state index contributed by atoms with van der Waals surface area (Å²) in [4.78, 5) is 4.21. The molecule has 13 rings (SSSR count). The topological polar surface area (TPSA) is 6.48 Å². The smallest absolute Gasteiger partial charge is 0.0651 e. The van der Waals surface area contributed by atoms with Crippen LogP contribution in [0.15, 0.2) is 230 Å². The Hall–Kier alpha value is -8.20. The minimum Gasteiger partial charge on any atom is -0.310 e. The van der Waals surface area contributed by atoms with Crippen molar-refractivity contribution in [3.63, 3.8) is 0 Å². The molecule has 68 heavy (non-hydrogen) atoms. The fourth-order valence-electron chi connectivity index (χ4n) is 11.3. The van der Waals surface area contributed by atoms with Gasteiger partial charge in [0.2, 0.25) is 0 Å². The molecule has 0 saturated heterocycles. The van der Waals surface area contributed by atoms with Crippen molar-refractivity contribution in [1.29, 1.82) is 0 Å². The molecule has 11 aromatic rings. The average Bonchev–Trinajstić information content (AvgIpc) is 3.84. The monoisotopic (exact) mass is 877 g/mol. The van der Waals surface area contributed by atoms with Crippen molar-refractivity contribution in [1.82, 2.24) is 0 Å². The van der Waals surface area contributed by atoms with Gasteiger partial charge in [-0.05, 0) is 138 Å². The molecular weight excluding hydrogens is 821 g/mol. The van der Waals surface area contributed by atoms with Crippen molar-refractivity contribution in [2.75, 3.05) is 9.80 Å². The number of anilines is 6. The van der Waals surface area contributed by atoms with E-state index in [1.807, 2.05) is 66.7 Å². The minimum absolute atomic E-state index is 0.0521. The summed E-state index contributed by atoms with van der Waals surface area (Å²) >= 11 is 0.